The van der Waals surface area contributed by atoms with Crippen LogP contribution in [0.25, 0.3) is 33.2 Å². The number of hydrogen-bond donors (Lipinski definition) is 0. The predicted molar refractivity (Wildman–Crippen MR) is 141 cm³/mol. The lowest BCUT2D eigenvalue weighted by atomic mass is 9.85. The smallest absolute Gasteiger partial charge is 0.451 e. The predicted octanol–water partition coefficient (Wildman–Crippen LogP) is 8.17. The van der Waals surface area contributed by atoms with Crippen molar-refractivity contribution in [1.82, 2.24) is 4.98 Å². The molecule has 5 rings (SSSR count). The maximum Gasteiger partial charge on any atom is 0.573 e. The third-order valence-electron chi connectivity index (χ3n) is 6.64. The number of alkyl halides is 3. The Morgan fingerprint density at radius 1 is 0.895 bits per heavy atom. The maximum absolute atomic E-state index is 13.0. The van der Waals surface area contributed by atoms with Gasteiger partial charge >= 0.3 is 12.3 Å². The normalized spacial score (nSPS) is 15.3. The van der Waals surface area contributed by atoms with Gasteiger partial charge in [-0.1, -0.05) is 50.2 Å². The van der Waals surface area contributed by atoms with Crippen LogP contribution in [0, 0.1) is 0 Å². The van der Waals surface area contributed by atoms with Gasteiger partial charge in [0.1, 0.15) is 11.4 Å². The van der Waals surface area contributed by atoms with Crippen LogP contribution in [-0.4, -0.2) is 22.9 Å². The molecule has 0 bridgehead atoms. The Hall–Kier alpha value is -4.13. The van der Waals surface area contributed by atoms with Gasteiger partial charge in [-0.15, -0.1) is 13.2 Å². The molecule has 2 heterocycles. The molecule has 38 heavy (non-hydrogen) atoms. The van der Waals surface area contributed by atoms with Crippen molar-refractivity contribution in [2.45, 2.75) is 45.6 Å². The Bertz CT molecular complexity index is 1570. The van der Waals surface area contributed by atoms with Gasteiger partial charge in [-0.2, -0.15) is 0 Å². The van der Waals surface area contributed by atoms with E-state index in [4.69, 9.17) is 4.74 Å². The number of aromatic nitrogens is 1. The van der Waals surface area contributed by atoms with Crippen LogP contribution in [0.3, 0.4) is 0 Å². The molecular weight excluding hydrogens is 491 g/mol. The number of carbonyl (C=O) groups excluding carboxylic acids is 1. The lowest BCUT2D eigenvalue weighted by molar-refractivity contribution is -0.274. The van der Waals surface area contributed by atoms with E-state index in [-0.39, 0.29) is 5.75 Å². The van der Waals surface area contributed by atoms with Crippen molar-refractivity contribution in [3.63, 3.8) is 0 Å². The number of hydrogen-bond acceptors (Lipinski definition) is 4. The largest absolute Gasteiger partial charge is 0.573 e. The molecule has 1 aliphatic rings. The summed E-state index contributed by atoms with van der Waals surface area (Å²) >= 11 is 0. The average Bonchev–Trinajstić information content (AvgIpc) is 3.10. The van der Waals surface area contributed by atoms with Gasteiger partial charge in [0.15, 0.2) is 0 Å². The molecule has 0 N–H and O–H groups in total. The van der Waals surface area contributed by atoms with Gasteiger partial charge in [0.25, 0.3) is 0 Å². The number of cyclic esters (lactones) is 1. The number of ether oxygens (including phenoxy) is 2. The van der Waals surface area contributed by atoms with Crippen LogP contribution >= 0.6 is 0 Å². The Morgan fingerprint density at radius 2 is 1.61 bits per heavy atom. The summed E-state index contributed by atoms with van der Waals surface area (Å²) in [4.78, 5) is 17.7. The summed E-state index contributed by atoms with van der Waals surface area (Å²) in [6, 6.07) is 21.4. The summed E-state index contributed by atoms with van der Waals surface area (Å²) in [5, 5.41) is 1.04. The second kappa shape index (κ2) is 9.31. The Kier molecular flexibility index (Phi) is 6.25. The summed E-state index contributed by atoms with van der Waals surface area (Å²) in [6.07, 6.45) is -3.03. The van der Waals surface area contributed by atoms with E-state index in [0.717, 1.165) is 27.6 Å². The third-order valence-corrected chi connectivity index (χ3v) is 6.64. The molecular formula is C31H26F3NO3. The van der Waals surface area contributed by atoms with Crippen molar-refractivity contribution in [3.8, 4) is 16.9 Å². The second-order valence-corrected chi connectivity index (χ2v) is 10.1. The number of pyridine rings is 1. The maximum atomic E-state index is 13.0. The van der Waals surface area contributed by atoms with E-state index < -0.39 is 17.9 Å². The minimum Gasteiger partial charge on any atom is -0.451 e. The summed E-state index contributed by atoms with van der Waals surface area (Å²) in [7, 11) is 0. The van der Waals surface area contributed by atoms with Crippen molar-refractivity contribution < 1.29 is 27.4 Å². The van der Waals surface area contributed by atoms with Crippen molar-refractivity contribution in [1.29, 1.82) is 0 Å². The molecule has 4 aromatic rings. The van der Waals surface area contributed by atoms with E-state index in [1.807, 2.05) is 36.4 Å². The summed E-state index contributed by atoms with van der Waals surface area (Å²) in [6.45, 7) is 7.89. The SMILES string of the molecule is CC(C)c1cc(-c2cccc(C3=C(c4ccc(OC(F)(F)F)cc4)C(=O)OC3(C)C)c2)c2ncccc2c1. The van der Waals surface area contributed by atoms with E-state index >= 15 is 0 Å². The molecule has 0 spiro atoms. The number of nitrogens with zero attached hydrogens (tertiary/aromatic N) is 1. The first-order chi connectivity index (χ1) is 17.9. The molecule has 0 unspecified atom stereocenters. The van der Waals surface area contributed by atoms with Crippen molar-refractivity contribution in [2.75, 3.05) is 0 Å². The molecule has 1 aromatic heterocycles. The van der Waals surface area contributed by atoms with Crippen LogP contribution in [0.4, 0.5) is 13.2 Å². The second-order valence-electron chi connectivity index (χ2n) is 10.1. The van der Waals surface area contributed by atoms with Crippen LogP contribution in [-0.2, 0) is 9.53 Å². The van der Waals surface area contributed by atoms with E-state index in [9.17, 15) is 18.0 Å². The number of benzene rings is 3. The molecule has 0 radical (unpaired) electrons. The van der Waals surface area contributed by atoms with Crippen molar-refractivity contribution in [3.05, 3.63) is 95.7 Å². The van der Waals surface area contributed by atoms with Gasteiger partial charge < -0.3 is 9.47 Å². The molecule has 0 saturated heterocycles. The van der Waals surface area contributed by atoms with E-state index in [0.29, 0.717) is 22.6 Å². The van der Waals surface area contributed by atoms with Crippen molar-refractivity contribution in [2.24, 2.45) is 0 Å². The van der Waals surface area contributed by atoms with Crippen LogP contribution < -0.4 is 4.74 Å². The number of esters is 1. The molecule has 3 aromatic carbocycles. The highest BCUT2D eigenvalue weighted by Gasteiger charge is 2.42. The Morgan fingerprint density at radius 3 is 2.29 bits per heavy atom. The lowest BCUT2D eigenvalue weighted by Gasteiger charge is -2.22. The van der Waals surface area contributed by atoms with Crippen LogP contribution in [0.2, 0.25) is 0 Å². The molecule has 1 aliphatic heterocycles. The van der Waals surface area contributed by atoms with Crippen LogP contribution in [0.5, 0.6) is 5.75 Å². The monoisotopic (exact) mass is 517 g/mol. The molecule has 7 heteroatoms. The number of fused-ring (bicyclic) bond motifs is 1. The molecule has 4 nitrogen and oxygen atoms in total. The van der Waals surface area contributed by atoms with E-state index in [1.165, 1.54) is 29.8 Å². The Labute approximate surface area is 218 Å². The first-order valence-electron chi connectivity index (χ1n) is 12.3. The fourth-order valence-corrected chi connectivity index (χ4v) is 4.93. The minimum atomic E-state index is -4.80. The first-order valence-corrected chi connectivity index (χ1v) is 12.3. The quantitative estimate of drug-likeness (QED) is 0.251. The van der Waals surface area contributed by atoms with E-state index in [1.54, 1.807) is 20.0 Å². The summed E-state index contributed by atoms with van der Waals surface area (Å²) in [5.74, 6) is -0.575. The standard InChI is InChI=1S/C31H26F3NO3/c1-18(2)23-16-22-9-6-14-35-28(22)25(17-23)20-7-5-8-21(15-20)27-26(29(36)38-30(27,3)4)19-10-12-24(13-11-19)37-31(32,33)34/h5-18H,1-4H3. The first kappa shape index (κ1) is 25.5. The number of rotatable bonds is 5. The van der Waals surface area contributed by atoms with Crippen molar-refractivity contribution >= 4 is 28.0 Å². The van der Waals surface area contributed by atoms with Gasteiger partial charge in [-0.3, -0.25) is 4.98 Å². The number of halogens is 3. The zero-order valence-electron chi connectivity index (χ0n) is 21.4. The average molecular weight is 518 g/mol. The molecule has 0 amide bonds. The van der Waals surface area contributed by atoms with Gasteiger partial charge in [-0.05, 0) is 78.4 Å². The molecule has 0 aliphatic carbocycles. The zero-order chi connectivity index (χ0) is 27.2. The van der Waals surface area contributed by atoms with Gasteiger partial charge in [0.2, 0.25) is 0 Å². The fraction of sp³-hybridized carbons (Fsp3) is 0.226. The highest BCUT2D eigenvalue weighted by molar-refractivity contribution is 6.28. The summed E-state index contributed by atoms with van der Waals surface area (Å²) in [5.41, 5.74) is 5.22. The molecule has 0 fully saturated rings. The fourth-order valence-electron chi connectivity index (χ4n) is 4.93. The van der Waals surface area contributed by atoms with Crippen LogP contribution in [0.15, 0.2) is 79.0 Å². The summed E-state index contributed by atoms with van der Waals surface area (Å²) < 4.78 is 47.6. The highest BCUT2D eigenvalue weighted by Crippen LogP contribution is 2.45. The van der Waals surface area contributed by atoms with Gasteiger partial charge in [0, 0.05) is 22.7 Å². The lowest BCUT2D eigenvalue weighted by Crippen LogP contribution is -2.22. The third kappa shape index (κ3) is 4.88. The van der Waals surface area contributed by atoms with Crippen LogP contribution in [0.1, 0.15) is 50.3 Å². The van der Waals surface area contributed by atoms with E-state index in [2.05, 4.69) is 35.7 Å². The molecule has 194 valence electrons. The Balaban J connectivity index is 1.66. The zero-order valence-corrected chi connectivity index (χ0v) is 21.4. The molecule has 0 atom stereocenters. The van der Waals surface area contributed by atoms with Gasteiger partial charge in [-0.25, -0.2) is 4.79 Å². The highest BCUT2D eigenvalue weighted by atomic mass is 19.4. The number of carbonyl (C=O) groups is 1. The minimum absolute atomic E-state index is 0.310. The molecule has 0 saturated carbocycles. The van der Waals surface area contributed by atoms with Gasteiger partial charge in [0.05, 0.1) is 11.1 Å². The topological polar surface area (TPSA) is 48.4 Å².